The molecule has 8 heteroatoms. The van der Waals surface area contributed by atoms with Crippen molar-refractivity contribution in [1.82, 2.24) is 9.55 Å². The average Bonchev–Trinajstić information content (AvgIpc) is 3.38. The van der Waals surface area contributed by atoms with Crippen molar-refractivity contribution in [3.05, 3.63) is 95.8 Å². The molecule has 2 aromatic heterocycles. The number of benzene rings is 2. The summed E-state index contributed by atoms with van der Waals surface area (Å²) in [6, 6.07) is 21.7. The van der Waals surface area contributed by atoms with Gasteiger partial charge in [0.15, 0.2) is 0 Å². The number of amides is 1. The molecule has 0 spiro atoms. The predicted octanol–water partition coefficient (Wildman–Crippen LogP) is 6.80. The zero-order valence-corrected chi connectivity index (χ0v) is 24.6. The molecule has 3 heterocycles. The van der Waals surface area contributed by atoms with Crippen LogP contribution in [0.5, 0.6) is 5.75 Å². The molecule has 0 radical (unpaired) electrons. The topological polar surface area (TPSA) is 82.9 Å². The van der Waals surface area contributed by atoms with Crippen molar-refractivity contribution in [3.63, 3.8) is 0 Å². The van der Waals surface area contributed by atoms with E-state index in [2.05, 4.69) is 6.07 Å². The smallest absolute Gasteiger partial charge is 0.416 e. The second-order valence-electron chi connectivity index (χ2n) is 11.2. The quantitative estimate of drug-likeness (QED) is 0.172. The minimum atomic E-state index is -0.567. The zero-order valence-electron chi connectivity index (χ0n) is 24.6. The van der Waals surface area contributed by atoms with Crippen LogP contribution in [0.25, 0.3) is 16.6 Å². The molecule has 0 fully saturated rings. The molecule has 4 aromatic rings. The SMILES string of the molecule is CCOC(=O)C=C(c1ccccc1)n1ccc2cc(OCCc3ccc4c(n3)N(C(=O)OC(C)(C)C)CCC4)ccc21. The number of nitrogens with zero attached hydrogens (tertiary/aromatic N) is 3. The molecule has 0 atom stereocenters. The Morgan fingerprint density at radius 2 is 1.83 bits per heavy atom. The Balaban J connectivity index is 1.30. The summed E-state index contributed by atoms with van der Waals surface area (Å²) < 4.78 is 18.9. The molecule has 1 amide bonds. The Morgan fingerprint density at radius 3 is 2.60 bits per heavy atom. The minimum absolute atomic E-state index is 0.313. The first-order chi connectivity index (χ1) is 20.2. The fourth-order valence-electron chi connectivity index (χ4n) is 5.00. The van der Waals surface area contributed by atoms with E-state index in [9.17, 15) is 9.59 Å². The fraction of sp³-hybridized carbons (Fsp3) is 0.324. The summed E-state index contributed by atoms with van der Waals surface area (Å²) in [7, 11) is 0. The number of fused-ring (bicyclic) bond motifs is 2. The summed E-state index contributed by atoms with van der Waals surface area (Å²) in [5.41, 5.74) is 3.93. The lowest BCUT2D eigenvalue weighted by molar-refractivity contribution is -0.137. The molecule has 0 unspecified atom stereocenters. The van der Waals surface area contributed by atoms with E-state index >= 15 is 0 Å². The van der Waals surface area contributed by atoms with Crippen LogP contribution in [0.4, 0.5) is 10.6 Å². The number of hydrogen-bond donors (Lipinski definition) is 0. The maximum Gasteiger partial charge on any atom is 0.416 e. The van der Waals surface area contributed by atoms with Crippen LogP contribution in [-0.4, -0.2) is 47.0 Å². The van der Waals surface area contributed by atoms with Gasteiger partial charge in [-0.25, -0.2) is 14.6 Å². The van der Waals surface area contributed by atoms with Gasteiger partial charge < -0.3 is 18.8 Å². The monoisotopic (exact) mass is 567 g/mol. The standard InChI is InChI=1S/C34H37N3O5/c1-5-40-31(38)23-30(24-10-7-6-8-11-24)36-20-17-26-22-28(15-16-29(26)36)41-21-18-27-14-13-25-12-9-19-37(32(25)35-27)33(39)42-34(2,3)4/h6-8,10-11,13-17,20,22-23H,5,9,12,18-19,21H2,1-4H3. The van der Waals surface area contributed by atoms with Crippen LogP contribution in [0.3, 0.4) is 0 Å². The van der Waals surface area contributed by atoms with Gasteiger partial charge in [0.1, 0.15) is 17.2 Å². The van der Waals surface area contributed by atoms with E-state index in [1.54, 1.807) is 11.8 Å². The van der Waals surface area contributed by atoms with Crippen LogP contribution in [0, 0.1) is 0 Å². The van der Waals surface area contributed by atoms with E-state index in [1.807, 2.05) is 92.2 Å². The summed E-state index contributed by atoms with van der Waals surface area (Å²) in [5, 5.41) is 0.984. The van der Waals surface area contributed by atoms with Crippen LogP contribution in [0.2, 0.25) is 0 Å². The largest absolute Gasteiger partial charge is 0.493 e. The van der Waals surface area contributed by atoms with E-state index in [-0.39, 0.29) is 12.1 Å². The molecule has 1 aliphatic heterocycles. The van der Waals surface area contributed by atoms with Gasteiger partial charge in [0.25, 0.3) is 0 Å². The zero-order chi connectivity index (χ0) is 29.7. The number of ether oxygens (including phenoxy) is 3. The van der Waals surface area contributed by atoms with Gasteiger partial charge in [0.2, 0.25) is 0 Å². The Bertz CT molecular complexity index is 1600. The number of carbonyl (C=O) groups is 2. The van der Waals surface area contributed by atoms with Gasteiger partial charge in [0.05, 0.1) is 24.4 Å². The Kier molecular flexibility index (Phi) is 8.61. The normalized spacial score (nSPS) is 13.5. The third-order valence-corrected chi connectivity index (χ3v) is 6.87. The third kappa shape index (κ3) is 6.82. The molecule has 0 saturated carbocycles. The Labute approximate surface area is 246 Å². The maximum absolute atomic E-state index is 12.8. The number of esters is 1. The van der Waals surface area contributed by atoms with E-state index in [4.69, 9.17) is 19.2 Å². The number of carbonyl (C=O) groups excluding carboxylic acids is 2. The van der Waals surface area contributed by atoms with Crippen molar-refractivity contribution < 1.29 is 23.8 Å². The number of rotatable bonds is 8. The highest BCUT2D eigenvalue weighted by atomic mass is 16.6. The van der Waals surface area contributed by atoms with Crippen molar-refractivity contribution in [3.8, 4) is 5.75 Å². The lowest BCUT2D eigenvalue weighted by Crippen LogP contribution is -2.40. The van der Waals surface area contributed by atoms with Gasteiger partial charge in [-0.05, 0) is 82.0 Å². The van der Waals surface area contributed by atoms with Crippen LogP contribution < -0.4 is 9.64 Å². The number of hydrogen-bond acceptors (Lipinski definition) is 6. The molecule has 0 bridgehead atoms. The van der Waals surface area contributed by atoms with E-state index in [1.165, 1.54) is 6.08 Å². The van der Waals surface area contributed by atoms with Crippen LogP contribution in [-0.2, 0) is 27.1 Å². The molecule has 218 valence electrons. The average molecular weight is 568 g/mol. The molecule has 0 aliphatic carbocycles. The number of pyridine rings is 1. The highest BCUT2D eigenvalue weighted by Gasteiger charge is 2.28. The summed E-state index contributed by atoms with van der Waals surface area (Å²) in [6.45, 7) is 8.73. The first-order valence-electron chi connectivity index (χ1n) is 14.4. The number of aryl methyl sites for hydroxylation is 1. The lowest BCUT2D eigenvalue weighted by Gasteiger charge is -2.31. The maximum atomic E-state index is 12.8. The summed E-state index contributed by atoms with van der Waals surface area (Å²) in [5.74, 6) is 1.04. The van der Waals surface area contributed by atoms with Crippen LogP contribution in [0.15, 0.2) is 79.0 Å². The Morgan fingerprint density at radius 1 is 1.02 bits per heavy atom. The third-order valence-electron chi connectivity index (χ3n) is 6.87. The summed E-state index contributed by atoms with van der Waals surface area (Å²) in [4.78, 5) is 31.6. The summed E-state index contributed by atoms with van der Waals surface area (Å²) in [6.07, 6.45) is 5.47. The van der Waals surface area contributed by atoms with Crippen LogP contribution in [0.1, 0.15) is 50.9 Å². The highest BCUT2D eigenvalue weighted by Crippen LogP contribution is 2.29. The van der Waals surface area contributed by atoms with Gasteiger partial charge in [-0.2, -0.15) is 0 Å². The molecule has 1 aliphatic rings. The first-order valence-corrected chi connectivity index (χ1v) is 14.4. The highest BCUT2D eigenvalue weighted by molar-refractivity contribution is 5.95. The van der Waals surface area contributed by atoms with E-state index in [0.29, 0.717) is 32.0 Å². The second-order valence-corrected chi connectivity index (χ2v) is 11.2. The molecular weight excluding hydrogens is 530 g/mol. The first kappa shape index (κ1) is 28.9. The molecule has 0 saturated heterocycles. The number of aromatic nitrogens is 2. The van der Waals surface area contributed by atoms with Crippen molar-refractivity contribution in [2.24, 2.45) is 0 Å². The number of anilines is 1. The molecule has 8 nitrogen and oxygen atoms in total. The van der Waals surface area contributed by atoms with Gasteiger partial charge in [-0.15, -0.1) is 0 Å². The van der Waals surface area contributed by atoms with Crippen molar-refractivity contribution in [2.75, 3.05) is 24.7 Å². The molecule has 5 rings (SSSR count). The van der Waals surface area contributed by atoms with Gasteiger partial charge in [-0.1, -0.05) is 36.4 Å². The van der Waals surface area contributed by atoms with Crippen molar-refractivity contribution >= 4 is 34.5 Å². The van der Waals surface area contributed by atoms with Crippen molar-refractivity contribution in [1.29, 1.82) is 0 Å². The van der Waals surface area contributed by atoms with Crippen LogP contribution >= 0.6 is 0 Å². The molecule has 42 heavy (non-hydrogen) atoms. The van der Waals surface area contributed by atoms with Gasteiger partial charge >= 0.3 is 12.1 Å². The lowest BCUT2D eigenvalue weighted by atomic mass is 10.1. The molecule has 2 aromatic carbocycles. The van der Waals surface area contributed by atoms with E-state index in [0.717, 1.165) is 52.0 Å². The summed E-state index contributed by atoms with van der Waals surface area (Å²) >= 11 is 0. The fourth-order valence-corrected chi connectivity index (χ4v) is 5.00. The molecular formula is C34H37N3O5. The molecule has 0 N–H and O–H groups in total. The predicted molar refractivity (Wildman–Crippen MR) is 164 cm³/mol. The van der Waals surface area contributed by atoms with E-state index < -0.39 is 5.60 Å². The van der Waals surface area contributed by atoms with Crippen molar-refractivity contribution in [2.45, 2.75) is 52.6 Å². The second kappa shape index (κ2) is 12.5. The van der Waals surface area contributed by atoms with Gasteiger partial charge in [-0.3, -0.25) is 4.90 Å². The Hall–Kier alpha value is -4.59. The van der Waals surface area contributed by atoms with Gasteiger partial charge in [0, 0.05) is 36.3 Å². The minimum Gasteiger partial charge on any atom is -0.493 e.